The Morgan fingerprint density at radius 3 is 2.77 bits per heavy atom. The first kappa shape index (κ1) is 28.2. The van der Waals surface area contributed by atoms with Gasteiger partial charge in [0.05, 0.1) is 29.1 Å². The van der Waals surface area contributed by atoms with Gasteiger partial charge in [-0.1, -0.05) is 13.0 Å². The van der Waals surface area contributed by atoms with Crippen LogP contribution in [0, 0.1) is 5.82 Å². The van der Waals surface area contributed by atoms with Gasteiger partial charge in [0.2, 0.25) is 0 Å². The Morgan fingerprint density at radius 1 is 1.16 bits per heavy atom. The average Bonchev–Trinajstić information content (AvgIpc) is 3.60. The number of amides is 1. The van der Waals surface area contributed by atoms with E-state index in [9.17, 15) is 23.8 Å². The van der Waals surface area contributed by atoms with Gasteiger partial charge in [0.1, 0.15) is 35.7 Å². The normalized spacial score (nSPS) is 27.3. The number of aromatic hydroxyl groups is 1. The van der Waals surface area contributed by atoms with Gasteiger partial charge in [0, 0.05) is 37.5 Å². The van der Waals surface area contributed by atoms with Gasteiger partial charge in [-0.05, 0) is 68.7 Å². The van der Waals surface area contributed by atoms with Crippen molar-refractivity contribution in [1.29, 1.82) is 0 Å². The van der Waals surface area contributed by atoms with E-state index in [1.165, 1.54) is 17.0 Å². The number of piperidine rings is 1. The molecule has 4 aliphatic heterocycles. The number of carbonyl (C=O) groups excluding carboxylic acids is 1. The number of alkyl halides is 1. The highest BCUT2D eigenvalue weighted by atomic mass is 19.1. The van der Waals surface area contributed by atoms with Crippen molar-refractivity contribution in [2.24, 2.45) is 0 Å². The fourth-order valence-corrected chi connectivity index (χ4v) is 7.73. The van der Waals surface area contributed by atoms with Crippen molar-refractivity contribution in [2.75, 3.05) is 42.6 Å². The molecule has 0 saturated carbocycles. The molecule has 3 saturated heterocycles. The molecular weight excluding hydrogens is 556 g/mol. The molecule has 3 fully saturated rings. The molecule has 1 amide bonds. The molecule has 7 rings (SSSR count). The lowest BCUT2D eigenvalue weighted by Gasteiger charge is -2.38. The largest absolute Gasteiger partial charge is 0.508 e. The SMILES string of the molecule is CCc1c(F)ccc2cc(O)cc(N3Cc4nc(OC[C@@]56CCCN5C[C@H](F)C6)nc(N5CCC[C@](C)(O)C5)c4C3=O)c12. The van der Waals surface area contributed by atoms with Crippen LogP contribution in [0.2, 0.25) is 0 Å². The van der Waals surface area contributed by atoms with Gasteiger partial charge >= 0.3 is 6.01 Å². The molecule has 0 unspecified atom stereocenters. The summed E-state index contributed by atoms with van der Waals surface area (Å²) < 4.78 is 35.6. The summed E-state index contributed by atoms with van der Waals surface area (Å²) in [6.45, 7) is 6.06. The summed E-state index contributed by atoms with van der Waals surface area (Å²) in [6, 6.07) is 6.14. The molecule has 3 atom stereocenters. The first-order chi connectivity index (χ1) is 20.6. The second-order valence-electron chi connectivity index (χ2n) is 12.9. The van der Waals surface area contributed by atoms with Crippen molar-refractivity contribution in [3.8, 4) is 11.8 Å². The summed E-state index contributed by atoms with van der Waals surface area (Å²) in [4.78, 5) is 29.2. The Morgan fingerprint density at radius 2 is 1.98 bits per heavy atom. The van der Waals surface area contributed by atoms with Crippen LogP contribution in [-0.2, 0) is 13.0 Å². The Bertz CT molecular complexity index is 1620. The van der Waals surface area contributed by atoms with Crippen LogP contribution in [0.5, 0.6) is 11.8 Å². The summed E-state index contributed by atoms with van der Waals surface area (Å²) in [5.41, 5.74) is 0.268. The van der Waals surface area contributed by atoms with E-state index in [-0.39, 0.29) is 48.7 Å². The third kappa shape index (κ3) is 4.77. The molecule has 11 heteroatoms. The number of phenolic OH excluding ortho intramolecular Hbond substituents is 1. The van der Waals surface area contributed by atoms with Gasteiger partial charge in [-0.3, -0.25) is 9.69 Å². The van der Waals surface area contributed by atoms with E-state index in [2.05, 4.69) is 4.90 Å². The number of rotatable bonds is 6. The number of aromatic nitrogens is 2. The highest BCUT2D eigenvalue weighted by Crippen LogP contribution is 2.43. The second-order valence-corrected chi connectivity index (χ2v) is 12.9. The molecule has 2 N–H and O–H groups in total. The Labute approximate surface area is 249 Å². The van der Waals surface area contributed by atoms with E-state index in [1.54, 1.807) is 19.1 Å². The first-order valence-corrected chi connectivity index (χ1v) is 15.2. The molecule has 4 aliphatic rings. The van der Waals surface area contributed by atoms with Crippen LogP contribution in [0.4, 0.5) is 20.3 Å². The molecule has 3 aromatic rings. The topological polar surface area (TPSA) is 102 Å². The number of nitrogens with zero attached hydrogens (tertiary/aromatic N) is 5. The number of phenols is 1. The summed E-state index contributed by atoms with van der Waals surface area (Å²) in [6.07, 6.45) is 3.09. The molecule has 0 aliphatic carbocycles. The number of halogens is 2. The number of hydrogen-bond acceptors (Lipinski definition) is 8. The molecule has 0 spiro atoms. The molecular formula is C32H37F2N5O4. The number of hydrogen-bond donors (Lipinski definition) is 2. The van der Waals surface area contributed by atoms with E-state index in [0.717, 1.165) is 19.4 Å². The van der Waals surface area contributed by atoms with E-state index in [0.29, 0.717) is 77.9 Å². The Kier molecular flexibility index (Phi) is 6.73. The molecule has 5 heterocycles. The number of ether oxygens (including phenoxy) is 1. The van der Waals surface area contributed by atoms with E-state index in [1.807, 2.05) is 11.8 Å². The number of aryl methyl sites for hydroxylation is 1. The lowest BCUT2D eigenvalue weighted by atomic mass is 9.95. The van der Waals surface area contributed by atoms with Crippen LogP contribution in [-0.4, -0.2) is 81.1 Å². The maximum Gasteiger partial charge on any atom is 0.318 e. The number of aliphatic hydroxyl groups is 1. The number of anilines is 2. The van der Waals surface area contributed by atoms with Crippen LogP contribution < -0.4 is 14.5 Å². The lowest BCUT2D eigenvalue weighted by Crippen LogP contribution is -2.47. The second kappa shape index (κ2) is 10.3. The minimum Gasteiger partial charge on any atom is -0.508 e. The van der Waals surface area contributed by atoms with Gasteiger partial charge in [-0.25, -0.2) is 8.78 Å². The summed E-state index contributed by atoms with van der Waals surface area (Å²) in [7, 11) is 0. The van der Waals surface area contributed by atoms with Crippen LogP contribution in [0.3, 0.4) is 0 Å². The van der Waals surface area contributed by atoms with Crippen LogP contribution >= 0.6 is 0 Å². The highest BCUT2D eigenvalue weighted by Gasteiger charge is 2.49. The fraction of sp³-hybridized carbons (Fsp3) is 0.531. The molecule has 2 aromatic carbocycles. The Hall–Kier alpha value is -3.57. The zero-order chi connectivity index (χ0) is 30.1. The van der Waals surface area contributed by atoms with Crippen molar-refractivity contribution < 1.29 is 28.5 Å². The highest BCUT2D eigenvalue weighted by molar-refractivity contribution is 6.16. The summed E-state index contributed by atoms with van der Waals surface area (Å²) in [5.74, 6) is -0.392. The van der Waals surface area contributed by atoms with Crippen LogP contribution in [0.1, 0.15) is 67.6 Å². The molecule has 43 heavy (non-hydrogen) atoms. The minimum atomic E-state index is -0.962. The summed E-state index contributed by atoms with van der Waals surface area (Å²) in [5, 5.41) is 22.7. The smallest absolute Gasteiger partial charge is 0.318 e. The maximum absolute atomic E-state index is 14.9. The predicted molar refractivity (Wildman–Crippen MR) is 158 cm³/mol. The number of β-amino-alcohol motifs (C(OH)–C–C–N with tert-alkyl or cyclic N) is 1. The lowest BCUT2D eigenvalue weighted by molar-refractivity contribution is 0.0445. The third-order valence-corrected chi connectivity index (χ3v) is 9.69. The van der Waals surface area contributed by atoms with E-state index >= 15 is 0 Å². The van der Waals surface area contributed by atoms with Gasteiger partial charge in [-0.15, -0.1) is 0 Å². The van der Waals surface area contributed by atoms with Crippen molar-refractivity contribution in [3.63, 3.8) is 0 Å². The van der Waals surface area contributed by atoms with Gasteiger partial charge in [0.15, 0.2) is 0 Å². The molecule has 228 valence electrons. The quantitative estimate of drug-likeness (QED) is 0.431. The van der Waals surface area contributed by atoms with Gasteiger partial charge < -0.3 is 24.7 Å². The standard InChI is InChI=1S/C32H37F2N5O4/c1-3-22-23(34)7-6-19-12-21(40)13-25(26(19)22)39-16-24-27(29(39)41)28(37-10-4-8-31(2,42)17-37)36-30(35-24)43-18-32-9-5-11-38(32)15-20(33)14-32/h6-7,12-13,20,40,42H,3-5,8-11,14-18H2,1-2H3/t20-,31+,32+/m1/s1. The molecule has 9 nitrogen and oxygen atoms in total. The Balaban J connectivity index is 1.30. The molecule has 0 bridgehead atoms. The third-order valence-electron chi connectivity index (χ3n) is 9.69. The minimum absolute atomic E-state index is 0.0366. The first-order valence-electron chi connectivity index (χ1n) is 15.2. The average molecular weight is 594 g/mol. The van der Waals surface area contributed by atoms with E-state index in [4.69, 9.17) is 14.7 Å². The molecule has 0 radical (unpaired) electrons. The van der Waals surface area contributed by atoms with Crippen molar-refractivity contribution in [3.05, 3.63) is 46.9 Å². The van der Waals surface area contributed by atoms with Gasteiger partial charge in [0.25, 0.3) is 5.91 Å². The van der Waals surface area contributed by atoms with Gasteiger partial charge in [-0.2, -0.15) is 9.97 Å². The van der Waals surface area contributed by atoms with E-state index < -0.39 is 11.8 Å². The van der Waals surface area contributed by atoms with Crippen LogP contribution in [0.15, 0.2) is 24.3 Å². The number of fused-ring (bicyclic) bond motifs is 3. The molecule has 1 aromatic heterocycles. The zero-order valence-corrected chi connectivity index (χ0v) is 24.6. The summed E-state index contributed by atoms with van der Waals surface area (Å²) >= 11 is 0. The van der Waals surface area contributed by atoms with Crippen LogP contribution in [0.25, 0.3) is 10.8 Å². The predicted octanol–water partition coefficient (Wildman–Crippen LogP) is 4.50. The monoisotopic (exact) mass is 593 g/mol. The maximum atomic E-state index is 14.9. The zero-order valence-electron chi connectivity index (χ0n) is 24.6. The van der Waals surface area contributed by atoms with Crippen molar-refractivity contribution >= 4 is 28.2 Å². The number of carbonyl (C=O) groups is 1. The fourth-order valence-electron chi connectivity index (χ4n) is 7.73. The number of benzene rings is 2. The van der Waals surface area contributed by atoms with Crippen molar-refractivity contribution in [2.45, 2.75) is 76.2 Å². The van der Waals surface area contributed by atoms with Crippen molar-refractivity contribution in [1.82, 2.24) is 14.9 Å².